The highest BCUT2D eigenvalue weighted by atomic mass is 28.4. The van der Waals surface area contributed by atoms with Gasteiger partial charge in [-0.2, -0.15) is 4.90 Å². The zero-order valence-electron chi connectivity index (χ0n) is 29.6. The van der Waals surface area contributed by atoms with E-state index in [1.54, 1.807) is 12.1 Å². The Kier molecular flexibility index (Phi) is 11.5. The number of halogens is 1. The number of fused-ring (bicyclic) bond motifs is 1. The number of ether oxygens (including phenoxy) is 1. The summed E-state index contributed by atoms with van der Waals surface area (Å²) in [5.74, 6) is -5.64. The standard InChI is InChI=1S/C40H46FNO8Si/c1-25(20-26-17-19-33(44)32(41)21-26)16-18-34(45)35-27(22-30-36(31(35)23-43)38(47)42(37(30)46)39(48)49-5)24-50-51(40(2,3)4,28-12-8-6-9-13-28)29-14-10-7-11-15-29/h6-15,17,19-21,30-31,34,36,43-45H,16,18,22-24H2,1-5H3/b25-20+/t30-,31+,34-,36-/m1/s1. The molecule has 3 N–H and O–H groups in total. The first-order valence-corrected chi connectivity index (χ1v) is 19.0. The molecule has 270 valence electrons. The summed E-state index contributed by atoms with van der Waals surface area (Å²) in [5, 5.41) is 34.0. The van der Waals surface area contributed by atoms with Crippen molar-refractivity contribution in [1.82, 2.24) is 4.90 Å². The van der Waals surface area contributed by atoms with E-state index in [0.717, 1.165) is 23.1 Å². The van der Waals surface area contributed by atoms with Crippen LogP contribution in [0.5, 0.6) is 5.75 Å². The number of amides is 3. The molecular formula is C40H46FNO8Si. The van der Waals surface area contributed by atoms with E-state index in [1.165, 1.54) is 12.1 Å². The van der Waals surface area contributed by atoms with Gasteiger partial charge in [0.15, 0.2) is 11.6 Å². The molecule has 0 radical (unpaired) electrons. The molecule has 3 amide bonds. The number of methoxy groups -OCH3 is 1. The van der Waals surface area contributed by atoms with Crippen LogP contribution >= 0.6 is 0 Å². The van der Waals surface area contributed by atoms with Crippen molar-refractivity contribution in [1.29, 1.82) is 0 Å². The Labute approximate surface area is 299 Å². The summed E-state index contributed by atoms with van der Waals surface area (Å²) < 4.78 is 26.0. The van der Waals surface area contributed by atoms with Crippen LogP contribution in [0.1, 0.15) is 52.5 Å². The number of hydrogen-bond acceptors (Lipinski definition) is 8. The summed E-state index contributed by atoms with van der Waals surface area (Å²) in [7, 11) is -2.00. The highest BCUT2D eigenvalue weighted by Crippen LogP contribution is 2.47. The van der Waals surface area contributed by atoms with Gasteiger partial charge in [-0.1, -0.05) is 99.2 Å². The Balaban J connectivity index is 1.57. The Morgan fingerprint density at radius 1 is 1.02 bits per heavy atom. The Hall–Kier alpha value is -4.42. The van der Waals surface area contributed by atoms with E-state index in [1.807, 2.05) is 43.3 Å². The molecule has 1 heterocycles. The van der Waals surface area contributed by atoms with Crippen LogP contribution in [0.3, 0.4) is 0 Å². The maximum Gasteiger partial charge on any atom is 0.423 e. The fraction of sp³-hybridized carbons (Fsp3) is 0.375. The largest absolute Gasteiger partial charge is 0.505 e. The van der Waals surface area contributed by atoms with Crippen LogP contribution in [0.25, 0.3) is 6.08 Å². The van der Waals surface area contributed by atoms with Crippen molar-refractivity contribution in [2.24, 2.45) is 17.8 Å². The number of aromatic hydroxyl groups is 1. The summed E-state index contributed by atoms with van der Waals surface area (Å²) in [6, 6.07) is 24.1. The molecule has 2 aliphatic rings. The van der Waals surface area contributed by atoms with E-state index in [4.69, 9.17) is 9.16 Å². The zero-order valence-corrected chi connectivity index (χ0v) is 30.6. The molecule has 0 spiro atoms. The number of carbonyl (C=O) groups excluding carboxylic acids is 3. The molecule has 51 heavy (non-hydrogen) atoms. The van der Waals surface area contributed by atoms with Gasteiger partial charge in [0, 0.05) is 5.92 Å². The van der Waals surface area contributed by atoms with E-state index in [9.17, 15) is 34.1 Å². The molecule has 1 fully saturated rings. The lowest BCUT2D eigenvalue weighted by molar-refractivity contribution is -0.137. The molecule has 1 saturated heterocycles. The molecule has 3 aromatic rings. The quantitative estimate of drug-likeness (QED) is 0.138. The Bertz CT molecular complexity index is 1780. The fourth-order valence-electron chi connectivity index (χ4n) is 7.81. The van der Waals surface area contributed by atoms with Crippen molar-refractivity contribution in [3.8, 4) is 5.75 Å². The predicted octanol–water partition coefficient (Wildman–Crippen LogP) is 5.33. The van der Waals surface area contributed by atoms with Crippen molar-refractivity contribution >= 4 is 42.7 Å². The molecule has 11 heteroatoms. The van der Waals surface area contributed by atoms with Crippen LogP contribution in [0.2, 0.25) is 5.04 Å². The van der Waals surface area contributed by atoms with Crippen molar-refractivity contribution in [3.63, 3.8) is 0 Å². The van der Waals surface area contributed by atoms with E-state index >= 15 is 0 Å². The lowest BCUT2D eigenvalue weighted by Crippen LogP contribution is -2.66. The zero-order chi connectivity index (χ0) is 37.1. The first-order valence-electron chi connectivity index (χ1n) is 17.1. The summed E-state index contributed by atoms with van der Waals surface area (Å²) in [4.78, 5) is 40.4. The van der Waals surface area contributed by atoms with E-state index < -0.39 is 68.3 Å². The lowest BCUT2D eigenvalue weighted by atomic mass is 9.68. The normalized spacial score (nSPS) is 20.4. The summed E-state index contributed by atoms with van der Waals surface area (Å²) in [6.07, 6.45) is 0.141. The second-order valence-corrected chi connectivity index (χ2v) is 18.7. The van der Waals surface area contributed by atoms with Gasteiger partial charge >= 0.3 is 6.09 Å². The Morgan fingerprint density at radius 3 is 2.16 bits per heavy atom. The minimum Gasteiger partial charge on any atom is -0.505 e. The van der Waals surface area contributed by atoms with Gasteiger partial charge in [0.2, 0.25) is 11.8 Å². The highest BCUT2D eigenvalue weighted by molar-refractivity contribution is 6.99. The van der Waals surface area contributed by atoms with Crippen LogP contribution in [0.15, 0.2) is 95.6 Å². The first kappa shape index (κ1) is 37.8. The number of aliphatic hydroxyl groups excluding tert-OH is 2. The maximum absolute atomic E-state index is 14.0. The minimum absolute atomic E-state index is 0.0146. The fourth-order valence-corrected chi connectivity index (χ4v) is 12.4. The number of allylic oxidation sites excluding steroid dienone is 1. The number of aliphatic hydroxyl groups is 2. The van der Waals surface area contributed by atoms with Gasteiger partial charge in [-0.3, -0.25) is 9.59 Å². The molecule has 5 rings (SSSR count). The van der Waals surface area contributed by atoms with Crippen LogP contribution in [0, 0.1) is 23.6 Å². The first-order chi connectivity index (χ1) is 24.2. The number of phenolic OH excluding ortho intramolecular Hbond substituents is 1. The SMILES string of the molecule is COC(=O)N1C(=O)[C@@H]2[C@@H](CC(CO[Si](c3ccccc3)(c3ccccc3)C(C)(C)C)=C([C@H](O)CC/C(C)=C/c3ccc(O)c(F)c3)[C@@H]2CO)C1=O. The lowest BCUT2D eigenvalue weighted by Gasteiger charge is -2.44. The minimum atomic E-state index is -3.09. The number of imide groups is 3. The Morgan fingerprint density at radius 2 is 1.63 bits per heavy atom. The van der Waals surface area contributed by atoms with Crippen molar-refractivity contribution in [3.05, 3.63) is 107 Å². The van der Waals surface area contributed by atoms with Crippen LogP contribution < -0.4 is 10.4 Å². The number of carbonyl (C=O) groups is 3. The van der Waals surface area contributed by atoms with E-state index in [2.05, 4.69) is 45.0 Å². The van der Waals surface area contributed by atoms with Gasteiger partial charge in [-0.05, 0) is 70.4 Å². The summed E-state index contributed by atoms with van der Waals surface area (Å²) in [5.41, 5.74) is 2.39. The summed E-state index contributed by atoms with van der Waals surface area (Å²) >= 11 is 0. The van der Waals surface area contributed by atoms with E-state index in [0.29, 0.717) is 28.0 Å². The summed E-state index contributed by atoms with van der Waals surface area (Å²) in [6.45, 7) is 7.72. The molecule has 3 aromatic carbocycles. The average Bonchev–Trinajstić information content (AvgIpc) is 3.36. The monoisotopic (exact) mass is 715 g/mol. The molecule has 0 unspecified atom stereocenters. The molecule has 0 bridgehead atoms. The molecule has 4 atom stereocenters. The molecule has 9 nitrogen and oxygen atoms in total. The maximum atomic E-state index is 14.0. The van der Waals surface area contributed by atoms with Gasteiger partial charge in [0.25, 0.3) is 8.32 Å². The van der Waals surface area contributed by atoms with Crippen molar-refractivity contribution < 1.29 is 43.3 Å². The molecule has 1 aliphatic heterocycles. The third-order valence-corrected chi connectivity index (χ3v) is 15.2. The second kappa shape index (κ2) is 15.4. The smallest absolute Gasteiger partial charge is 0.423 e. The molecule has 1 aliphatic carbocycles. The average molecular weight is 716 g/mol. The number of benzene rings is 3. The van der Waals surface area contributed by atoms with Gasteiger partial charge in [0.1, 0.15) is 0 Å². The van der Waals surface area contributed by atoms with Crippen LogP contribution in [-0.2, 0) is 18.8 Å². The van der Waals surface area contributed by atoms with Gasteiger partial charge in [-0.15, -0.1) is 0 Å². The number of hydrogen-bond donors (Lipinski definition) is 3. The second-order valence-electron chi connectivity index (χ2n) is 14.4. The van der Waals surface area contributed by atoms with Crippen LogP contribution in [0.4, 0.5) is 9.18 Å². The van der Waals surface area contributed by atoms with Gasteiger partial charge in [-0.25, -0.2) is 9.18 Å². The molecule has 0 saturated carbocycles. The topological polar surface area (TPSA) is 134 Å². The van der Waals surface area contributed by atoms with Crippen LogP contribution in [-0.4, -0.2) is 72.9 Å². The number of phenols is 1. The van der Waals surface area contributed by atoms with E-state index in [-0.39, 0.29) is 24.5 Å². The number of rotatable bonds is 11. The third-order valence-electron chi connectivity index (χ3n) is 10.2. The number of likely N-dealkylation sites (tertiary alicyclic amines) is 1. The van der Waals surface area contributed by atoms with Crippen molar-refractivity contribution in [2.45, 2.75) is 58.1 Å². The van der Waals surface area contributed by atoms with Crippen molar-refractivity contribution in [2.75, 3.05) is 20.3 Å². The highest BCUT2D eigenvalue weighted by Gasteiger charge is 2.58. The molecular weight excluding hydrogens is 670 g/mol. The third kappa shape index (κ3) is 7.34. The molecule has 0 aromatic heterocycles. The van der Waals surface area contributed by atoms with Gasteiger partial charge in [0.05, 0.1) is 38.3 Å². The number of nitrogens with zero attached hydrogens (tertiary/aromatic N) is 1. The van der Waals surface area contributed by atoms with Gasteiger partial charge < -0.3 is 24.5 Å². The predicted molar refractivity (Wildman–Crippen MR) is 194 cm³/mol.